The zero-order valence-electron chi connectivity index (χ0n) is 6.18. The maximum absolute atomic E-state index is 10.7. The minimum Gasteiger partial charge on any atom is -0.478 e. The fraction of sp³-hybridized carbons (Fsp3) is 0.250. The number of rotatable bonds is 1. The minimum atomic E-state index is -0.945. The fourth-order valence-electron chi connectivity index (χ4n) is 1.31. The number of aliphatic carboxylic acids is 1. The van der Waals surface area contributed by atoms with Gasteiger partial charge in [0.25, 0.3) is 0 Å². The zero-order valence-corrected chi connectivity index (χ0v) is 6.18. The number of carboxylic acid groups (broad SMARTS) is 1. The summed E-state index contributed by atoms with van der Waals surface area (Å²) in [6.45, 7) is 0. The van der Waals surface area contributed by atoms with E-state index in [0.717, 1.165) is 0 Å². The molecule has 62 valence electrons. The van der Waals surface area contributed by atoms with Gasteiger partial charge >= 0.3 is 5.97 Å². The Hall–Kier alpha value is -1.58. The standard InChI is InChI=1S/C8H7NO3/c10-8(11)6-3-1-2-5-4-9-12-7(5)6/h1-5,7H,(H,10,11). The van der Waals surface area contributed by atoms with Gasteiger partial charge in [-0.3, -0.25) is 0 Å². The van der Waals surface area contributed by atoms with Crippen LogP contribution in [0, 0.1) is 5.92 Å². The molecule has 0 fully saturated rings. The van der Waals surface area contributed by atoms with Gasteiger partial charge in [-0.25, -0.2) is 4.79 Å². The lowest BCUT2D eigenvalue weighted by Gasteiger charge is -2.16. The van der Waals surface area contributed by atoms with Crippen molar-refractivity contribution >= 4 is 12.2 Å². The van der Waals surface area contributed by atoms with E-state index in [-0.39, 0.29) is 11.5 Å². The number of hydrogen-bond acceptors (Lipinski definition) is 3. The highest BCUT2D eigenvalue weighted by Crippen LogP contribution is 2.25. The highest BCUT2D eigenvalue weighted by Gasteiger charge is 2.33. The third-order valence-electron chi connectivity index (χ3n) is 1.92. The van der Waals surface area contributed by atoms with Crippen molar-refractivity contribution in [2.24, 2.45) is 11.1 Å². The molecule has 0 amide bonds. The van der Waals surface area contributed by atoms with Crippen LogP contribution in [0.2, 0.25) is 0 Å². The third-order valence-corrected chi connectivity index (χ3v) is 1.92. The van der Waals surface area contributed by atoms with Crippen molar-refractivity contribution in [1.29, 1.82) is 0 Å². The first-order valence-electron chi connectivity index (χ1n) is 3.60. The van der Waals surface area contributed by atoms with Crippen LogP contribution >= 0.6 is 0 Å². The molecule has 4 heteroatoms. The lowest BCUT2D eigenvalue weighted by atomic mass is 9.92. The van der Waals surface area contributed by atoms with Gasteiger partial charge in [0, 0.05) is 0 Å². The Bertz CT molecular complexity index is 303. The van der Waals surface area contributed by atoms with E-state index in [2.05, 4.69) is 5.16 Å². The van der Waals surface area contributed by atoms with Gasteiger partial charge in [0.1, 0.15) is 0 Å². The van der Waals surface area contributed by atoms with E-state index in [1.807, 2.05) is 6.08 Å². The number of carbonyl (C=O) groups is 1. The molecule has 2 atom stereocenters. The largest absolute Gasteiger partial charge is 0.478 e. The minimum absolute atomic E-state index is 0.0129. The molecule has 1 N–H and O–H groups in total. The van der Waals surface area contributed by atoms with Crippen LogP contribution in [0.15, 0.2) is 29.0 Å². The summed E-state index contributed by atoms with van der Waals surface area (Å²) in [7, 11) is 0. The quantitative estimate of drug-likeness (QED) is 0.617. The topological polar surface area (TPSA) is 58.9 Å². The van der Waals surface area contributed by atoms with E-state index < -0.39 is 12.1 Å². The first-order chi connectivity index (χ1) is 5.79. The number of hydrogen-bond donors (Lipinski definition) is 1. The van der Waals surface area contributed by atoms with Crippen LogP contribution < -0.4 is 0 Å². The summed E-state index contributed by atoms with van der Waals surface area (Å²) in [6, 6.07) is 0. The van der Waals surface area contributed by atoms with Crippen LogP contribution in [0.25, 0.3) is 0 Å². The van der Waals surface area contributed by atoms with Gasteiger partial charge in [0.2, 0.25) is 0 Å². The van der Waals surface area contributed by atoms with Crippen molar-refractivity contribution in [3.05, 3.63) is 23.8 Å². The molecule has 0 radical (unpaired) electrons. The van der Waals surface area contributed by atoms with Crippen molar-refractivity contribution < 1.29 is 14.7 Å². The molecule has 1 aliphatic carbocycles. The molecule has 12 heavy (non-hydrogen) atoms. The van der Waals surface area contributed by atoms with Gasteiger partial charge in [-0.2, -0.15) is 0 Å². The monoisotopic (exact) mass is 165 g/mol. The number of oxime groups is 1. The maximum atomic E-state index is 10.7. The number of carboxylic acids is 1. The molecule has 4 nitrogen and oxygen atoms in total. The Labute approximate surface area is 68.8 Å². The van der Waals surface area contributed by atoms with Gasteiger partial charge in [-0.1, -0.05) is 17.3 Å². The van der Waals surface area contributed by atoms with Gasteiger partial charge < -0.3 is 9.94 Å². The summed E-state index contributed by atoms with van der Waals surface area (Å²) in [5, 5.41) is 12.3. The summed E-state index contributed by atoms with van der Waals surface area (Å²) >= 11 is 0. The summed E-state index contributed by atoms with van der Waals surface area (Å²) in [4.78, 5) is 15.6. The van der Waals surface area contributed by atoms with Crippen LogP contribution in [0.1, 0.15) is 0 Å². The van der Waals surface area contributed by atoms with Gasteiger partial charge in [0.15, 0.2) is 6.10 Å². The van der Waals surface area contributed by atoms with E-state index in [4.69, 9.17) is 9.94 Å². The van der Waals surface area contributed by atoms with Gasteiger partial charge in [-0.05, 0) is 6.08 Å². The molecule has 0 bridgehead atoms. The Balaban J connectivity index is 2.30. The molecule has 0 spiro atoms. The van der Waals surface area contributed by atoms with Crippen LogP contribution in [0.4, 0.5) is 0 Å². The second-order valence-electron chi connectivity index (χ2n) is 2.67. The molecular formula is C8H7NO3. The number of allylic oxidation sites excluding steroid dienone is 2. The molecule has 0 aromatic rings. The Morgan fingerprint density at radius 3 is 3.25 bits per heavy atom. The second kappa shape index (κ2) is 2.48. The molecule has 0 saturated heterocycles. The zero-order chi connectivity index (χ0) is 8.55. The van der Waals surface area contributed by atoms with Crippen LogP contribution in [-0.2, 0) is 9.63 Å². The Morgan fingerprint density at radius 1 is 1.67 bits per heavy atom. The van der Waals surface area contributed by atoms with Crippen LogP contribution in [0.5, 0.6) is 0 Å². The van der Waals surface area contributed by atoms with Crippen molar-refractivity contribution in [1.82, 2.24) is 0 Å². The smallest absolute Gasteiger partial charge is 0.335 e. The first-order valence-corrected chi connectivity index (χ1v) is 3.60. The number of nitrogens with zero attached hydrogens (tertiary/aromatic N) is 1. The second-order valence-corrected chi connectivity index (χ2v) is 2.67. The van der Waals surface area contributed by atoms with E-state index >= 15 is 0 Å². The van der Waals surface area contributed by atoms with E-state index in [9.17, 15) is 4.79 Å². The van der Waals surface area contributed by atoms with Crippen molar-refractivity contribution in [3.8, 4) is 0 Å². The highest BCUT2D eigenvalue weighted by molar-refractivity contribution is 5.90. The Morgan fingerprint density at radius 2 is 2.50 bits per heavy atom. The lowest BCUT2D eigenvalue weighted by molar-refractivity contribution is -0.134. The lowest BCUT2D eigenvalue weighted by Crippen LogP contribution is -2.26. The number of fused-ring (bicyclic) bond motifs is 1. The molecular weight excluding hydrogens is 158 g/mol. The molecule has 2 unspecified atom stereocenters. The van der Waals surface area contributed by atoms with Crippen molar-refractivity contribution in [2.45, 2.75) is 6.10 Å². The summed E-state index contributed by atoms with van der Waals surface area (Å²) in [5.41, 5.74) is 0.264. The maximum Gasteiger partial charge on any atom is 0.335 e. The predicted octanol–water partition coefficient (Wildman–Crippen LogP) is 0.568. The average Bonchev–Trinajstić information content (AvgIpc) is 2.49. The van der Waals surface area contributed by atoms with Crippen molar-refractivity contribution in [2.75, 3.05) is 0 Å². The molecule has 2 rings (SSSR count). The molecule has 1 heterocycles. The SMILES string of the molecule is O=C(O)C1=CC=CC2C=NOC12. The normalized spacial score (nSPS) is 30.8. The summed E-state index contributed by atoms with van der Waals surface area (Å²) in [6.07, 6.45) is 6.31. The Kier molecular flexibility index (Phi) is 1.46. The summed E-state index contributed by atoms with van der Waals surface area (Å²) in [5.74, 6) is -0.957. The predicted molar refractivity (Wildman–Crippen MR) is 41.7 cm³/mol. The van der Waals surface area contributed by atoms with Crippen LogP contribution in [-0.4, -0.2) is 23.4 Å². The third kappa shape index (κ3) is 0.922. The molecule has 2 aliphatic rings. The van der Waals surface area contributed by atoms with E-state index in [1.165, 1.54) is 6.08 Å². The average molecular weight is 165 g/mol. The van der Waals surface area contributed by atoms with E-state index in [0.29, 0.717) is 0 Å². The van der Waals surface area contributed by atoms with Crippen LogP contribution in [0.3, 0.4) is 0 Å². The van der Waals surface area contributed by atoms with E-state index in [1.54, 1.807) is 12.3 Å². The first kappa shape index (κ1) is 7.09. The molecule has 0 aromatic heterocycles. The van der Waals surface area contributed by atoms with Gasteiger partial charge in [0.05, 0.1) is 17.7 Å². The molecule has 0 aromatic carbocycles. The van der Waals surface area contributed by atoms with Crippen molar-refractivity contribution in [3.63, 3.8) is 0 Å². The van der Waals surface area contributed by atoms with Gasteiger partial charge in [-0.15, -0.1) is 0 Å². The molecule has 0 saturated carbocycles. The fourth-order valence-corrected chi connectivity index (χ4v) is 1.31. The molecule has 1 aliphatic heterocycles. The highest BCUT2D eigenvalue weighted by atomic mass is 16.6. The summed E-state index contributed by atoms with van der Waals surface area (Å²) < 4.78 is 0.